The lowest BCUT2D eigenvalue weighted by molar-refractivity contribution is -0.176. The van der Waals surface area contributed by atoms with E-state index in [9.17, 15) is 13.2 Å². The van der Waals surface area contributed by atoms with Crippen molar-refractivity contribution >= 4 is 47.8 Å². The topological polar surface area (TPSA) is 9.23 Å². The summed E-state index contributed by atoms with van der Waals surface area (Å²) in [7, 11) is 0. The molecular formula is C12H12Br3F3O. The second kappa shape index (κ2) is 7.43. The van der Waals surface area contributed by atoms with Gasteiger partial charge in [0, 0.05) is 20.5 Å². The Balaban J connectivity index is 2.85. The van der Waals surface area contributed by atoms with Crippen LogP contribution in [-0.4, -0.2) is 30.1 Å². The predicted octanol–water partition coefficient (Wildman–Crippen LogP) is 5.06. The maximum Gasteiger partial charge on any atom is 0.411 e. The lowest BCUT2D eigenvalue weighted by Gasteiger charge is -2.30. The van der Waals surface area contributed by atoms with Crippen LogP contribution >= 0.6 is 47.8 Å². The van der Waals surface area contributed by atoms with Crippen molar-refractivity contribution in [1.82, 2.24) is 0 Å². The summed E-state index contributed by atoms with van der Waals surface area (Å²) in [5.74, 6) is 0. The van der Waals surface area contributed by atoms with Crippen molar-refractivity contribution in [3.05, 3.63) is 34.3 Å². The van der Waals surface area contributed by atoms with E-state index < -0.39 is 18.2 Å². The number of alkyl halides is 5. The number of ether oxygens (including phenoxy) is 1. The normalized spacial score (nSPS) is 12.7. The first-order valence-electron chi connectivity index (χ1n) is 5.35. The van der Waals surface area contributed by atoms with Crippen molar-refractivity contribution < 1.29 is 17.9 Å². The highest BCUT2D eigenvalue weighted by Gasteiger charge is 2.34. The van der Waals surface area contributed by atoms with Crippen LogP contribution in [0.15, 0.2) is 28.7 Å². The first kappa shape index (κ1) is 17.5. The molecule has 1 rings (SSSR count). The van der Waals surface area contributed by atoms with E-state index in [0.717, 1.165) is 10.0 Å². The molecule has 0 aromatic heterocycles. The quantitative estimate of drug-likeness (QED) is 0.530. The van der Waals surface area contributed by atoms with Gasteiger partial charge in [-0.1, -0.05) is 59.9 Å². The van der Waals surface area contributed by atoms with E-state index in [2.05, 4.69) is 47.8 Å². The zero-order valence-electron chi connectivity index (χ0n) is 9.81. The summed E-state index contributed by atoms with van der Waals surface area (Å²) in [6, 6.07) is 7.49. The second-order valence-corrected chi connectivity index (χ2v) is 6.20. The Morgan fingerprint density at radius 3 is 2.16 bits per heavy atom. The van der Waals surface area contributed by atoms with Crippen LogP contribution in [0.5, 0.6) is 0 Å². The second-order valence-electron chi connectivity index (χ2n) is 4.17. The van der Waals surface area contributed by atoms with Gasteiger partial charge in [0.05, 0.1) is 6.61 Å². The van der Waals surface area contributed by atoms with Crippen LogP contribution in [0, 0.1) is 0 Å². The Bertz CT molecular complexity index is 405. The van der Waals surface area contributed by atoms with Crippen molar-refractivity contribution in [3.8, 4) is 0 Å². The van der Waals surface area contributed by atoms with E-state index in [1.165, 1.54) is 0 Å². The van der Waals surface area contributed by atoms with Crippen molar-refractivity contribution in [2.75, 3.05) is 23.9 Å². The van der Waals surface area contributed by atoms with Crippen LogP contribution in [0.4, 0.5) is 13.2 Å². The fourth-order valence-electron chi connectivity index (χ4n) is 1.53. The number of halogens is 6. The van der Waals surface area contributed by atoms with E-state index in [0.29, 0.717) is 10.7 Å². The average Bonchev–Trinajstić information content (AvgIpc) is 2.34. The molecular weight excluding hydrogens is 457 g/mol. The molecule has 0 bridgehead atoms. The van der Waals surface area contributed by atoms with Crippen molar-refractivity contribution in [1.29, 1.82) is 0 Å². The third-order valence-corrected chi connectivity index (χ3v) is 5.23. The van der Waals surface area contributed by atoms with Gasteiger partial charge in [0.1, 0.15) is 6.61 Å². The summed E-state index contributed by atoms with van der Waals surface area (Å²) in [6.07, 6.45) is -4.30. The van der Waals surface area contributed by atoms with Gasteiger partial charge in [0.15, 0.2) is 0 Å². The van der Waals surface area contributed by atoms with Crippen LogP contribution in [-0.2, 0) is 10.2 Å². The third-order valence-electron chi connectivity index (χ3n) is 2.59. The molecule has 0 atom stereocenters. The van der Waals surface area contributed by atoms with Gasteiger partial charge in [-0.2, -0.15) is 13.2 Å². The molecule has 0 saturated heterocycles. The molecule has 1 aromatic carbocycles. The minimum Gasteiger partial charge on any atom is -0.371 e. The highest BCUT2D eigenvalue weighted by atomic mass is 79.9. The fourth-order valence-corrected chi connectivity index (χ4v) is 3.83. The van der Waals surface area contributed by atoms with Gasteiger partial charge < -0.3 is 4.74 Å². The third kappa shape index (κ3) is 5.36. The summed E-state index contributed by atoms with van der Waals surface area (Å²) in [5, 5.41) is 0.999. The van der Waals surface area contributed by atoms with Gasteiger partial charge in [-0.3, -0.25) is 0 Å². The molecule has 0 fully saturated rings. The van der Waals surface area contributed by atoms with Crippen molar-refractivity contribution in [2.45, 2.75) is 11.6 Å². The standard InChI is InChI=1S/C12H12Br3F3O/c13-5-11(6-14,7-19-8-12(16,17)18)9-2-1-3-10(15)4-9/h1-4H,5-8H2. The molecule has 0 unspecified atom stereocenters. The first-order valence-corrected chi connectivity index (χ1v) is 8.39. The molecule has 0 saturated carbocycles. The minimum atomic E-state index is -4.30. The van der Waals surface area contributed by atoms with Crippen LogP contribution in [0.25, 0.3) is 0 Å². The molecule has 0 aliphatic rings. The van der Waals surface area contributed by atoms with E-state index >= 15 is 0 Å². The SMILES string of the molecule is FC(F)(F)COCC(CBr)(CBr)c1cccc(Br)c1. The summed E-state index contributed by atoms with van der Waals surface area (Å²) >= 11 is 10.1. The molecule has 108 valence electrons. The van der Waals surface area contributed by atoms with Gasteiger partial charge in [0.25, 0.3) is 0 Å². The Morgan fingerprint density at radius 1 is 1.05 bits per heavy atom. The molecule has 19 heavy (non-hydrogen) atoms. The molecule has 0 aliphatic carbocycles. The first-order chi connectivity index (χ1) is 8.83. The smallest absolute Gasteiger partial charge is 0.371 e. The monoisotopic (exact) mass is 466 g/mol. The minimum absolute atomic E-state index is 0.0144. The van der Waals surface area contributed by atoms with Gasteiger partial charge in [-0.25, -0.2) is 0 Å². The highest BCUT2D eigenvalue weighted by molar-refractivity contribution is 9.10. The molecule has 0 amide bonds. The maximum atomic E-state index is 12.1. The van der Waals surface area contributed by atoms with Gasteiger partial charge in [-0.15, -0.1) is 0 Å². The molecule has 1 aromatic rings. The fraction of sp³-hybridized carbons (Fsp3) is 0.500. The van der Waals surface area contributed by atoms with Gasteiger partial charge in [0.2, 0.25) is 0 Å². The van der Waals surface area contributed by atoms with Gasteiger partial charge >= 0.3 is 6.18 Å². The highest BCUT2D eigenvalue weighted by Crippen LogP contribution is 2.31. The number of rotatable bonds is 6. The summed E-state index contributed by atoms with van der Waals surface area (Å²) in [4.78, 5) is 0. The summed E-state index contributed by atoms with van der Waals surface area (Å²) in [6.45, 7) is -1.25. The van der Waals surface area contributed by atoms with E-state index in [1.807, 2.05) is 24.3 Å². The molecule has 0 radical (unpaired) electrons. The Labute approximate surface area is 135 Å². The largest absolute Gasteiger partial charge is 0.411 e. The Hall–Kier alpha value is 0.410. The molecule has 0 N–H and O–H groups in total. The van der Waals surface area contributed by atoms with Crippen LogP contribution < -0.4 is 0 Å². The van der Waals surface area contributed by atoms with Crippen molar-refractivity contribution in [3.63, 3.8) is 0 Å². The predicted molar refractivity (Wildman–Crippen MR) is 80.3 cm³/mol. The van der Waals surface area contributed by atoms with Crippen LogP contribution in [0.1, 0.15) is 5.56 Å². The molecule has 0 spiro atoms. The Kier molecular flexibility index (Phi) is 6.83. The summed E-state index contributed by atoms with van der Waals surface area (Å²) < 4.78 is 42.2. The average molecular weight is 469 g/mol. The number of hydrogen-bond donors (Lipinski definition) is 0. The lowest BCUT2D eigenvalue weighted by atomic mass is 9.85. The maximum absolute atomic E-state index is 12.1. The molecule has 1 nitrogen and oxygen atoms in total. The zero-order valence-corrected chi connectivity index (χ0v) is 14.6. The van der Waals surface area contributed by atoms with Crippen molar-refractivity contribution in [2.24, 2.45) is 0 Å². The van der Waals surface area contributed by atoms with Crippen LogP contribution in [0.3, 0.4) is 0 Å². The molecule has 0 heterocycles. The Morgan fingerprint density at radius 2 is 1.68 bits per heavy atom. The van der Waals surface area contributed by atoms with Crippen LogP contribution in [0.2, 0.25) is 0 Å². The lowest BCUT2D eigenvalue weighted by Crippen LogP contribution is -2.37. The molecule has 7 heteroatoms. The molecule has 0 aliphatic heterocycles. The van der Waals surface area contributed by atoms with E-state index in [4.69, 9.17) is 4.74 Å². The van der Waals surface area contributed by atoms with E-state index in [-0.39, 0.29) is 6.61 Å². The summed E-state index contributed by atoms with van der Waals surface area (Å²) in [5.41, 5.74) is 0.382. The zero-order chi connectivity index (χ0) is 14.5. The number of benzene rings is 1. The van der Waals surface area contributed by atoms with E-state index in [1.54, 1.807) is 0 Å². The van der Waals surface area contributed by atoms with Gasteiger partial charge in [-0.05, 0) is 17.7 Å². The number of hydrogen-bond acceptors (Lipinski definition) is 1.